The average Bonchev–Trinajstić information content (AvgIpc) is 2.76. The molecule has 1 heterocycles. The summed E-state index contributed by atoms with van der Waals surface area (Å²) in [5.41, 5.74) is 5.39. The molecule has 18 heavy (non-hydrogen) atoms. The van der Waals surface area contributed by atoms with Crippen molar-refractivity contribution in [2.24, 2.45) is 5.73 Å². The summed E-state index contributed by atoms with van der Waals surface area (Å²) in [6, 6.07) is 5.40. The number of hydrogen-bond donors (Lipinski definition) is 1. The molecule has 2 rings (SSSR count). The minimum atomic E-state index is -4.37. The Morgan fingerprint density at radius 2 is 1.94 bits per heavy atom. The van der Waals surface area contributed by atoms with Crippen LogP contribution in [0.2, 0.25) is 0 Å². The van der Waals surface area contributed by atoms with Crippen LogP contribution in [0.15, 0.2) is 30.5 Å². The zero-order chi connectivity index (χ0) is 13.2. The largest absolute Gasteiger partial charge is 0.416 e. The molecular weight excluding hydrogens is 245 g/mol. The van der Waals surface area contributed by atoms with Gasteiger partial charge < -0.3 is 5.73 Å². The third-order valence-electron chi connectivity index (χ3n) is 2.45. The number of nitrogens with zero attached hydrogens (tertiary/aromatic N) is 3. The van der Waals surface area contributed by atoms with E-state index in [4.69, 9.17) is 5.73 Å². The van der Waals surface area contributed by atoms with Crippen molar-refractivity contribution in [3.05, 3.63) is 47.3 Å². The van der Waals surface area contributed by atoms with Gasteiger partial charge in [0.2, 0.25) is 0 Å². The summed E-state index contributed by atoms with van der Waals surface area (Å²) in [5.74, 6) is 0. The average molecular weight is 256 g/mol. The normalized spacial score (nSPS) is 11.8. The van der Waals surface area contributed by atoms with Gasteiger partial charge in [-0.05, 0) is 11.6 Å². The van der Waals surface area contributed by atoms with Crippen molar-refractivity contribution < 1.29 is 13.2 Å². The topological polar surface area (TPSA) is 56.7 Å². The van der Waals surface area contributed by atoms with E-state index in [2.05, 4.69) is 10.3 Å². The van der Waals surface area contributed by atoms with Gasteiger partial charge in [-0.25, -0.2) is 4.68 Å². The summed E-state index contributed by atoms with van der Waals surface area (Å²) >= 11 is 0. The van der Waals surface area contributed by atoms with Crippen LogP contribution in [0.25, 0.3) is 0 Å². The smallest absolute Gasteiger partial charge is 0.325 e. The molecule has 0 bridgehead atoms. The fourth-order valence-electron chi connectivity index (χ4n) is 1.62. The molecular formula is C11H11F3N4. The highest BCUT2D eigenvalue weighted by atomic mass is 19.4. The highest BCUT2D eigenvalue weighted by Crippen LogP contribution is 2.32. The first kappa shape index (κ1) is 12.6. The minimum absolute atomic E-state index is 0.0166. The maximum Gasteiger partial charge on any atom is 0.416 e. The maximum absolute atomic E-state index is 12.8. The summed E-state index contributed by atoms with van der Waals surface area (Å²) in [7, 11) is 0. The van der Waals surface area contributed by atoms with E-state index < -0.39 is 11.7 Å². The van der Waals surface area contributed by atoms with Crippen LogP contribution in [0.3, 0.4) is 0 Å². The van der Waals surface area contributed by atoms with Crippen molar-refractivity contribution in [2.45, 2.75) is 19.3 Å². The fraction of sp³-hybridized carbons (Fsp3) is 0.273. The minimum Gasteiger partial charge on any atom is -0.325 e. The molecule has 0 saturated heterocycles. The Labute approximate surface area is 101 Å². The monoisotopic (exact) mass is 256 g/mol. The number of benzene rings is 1. The lowest BCUT2D eigenvalue weighted by molar-refractivity contribution is -0.138. The molecule has 0 unspecified atom stereocenters. The SMILES string of the molecule is NCc1cn(Cc2ccccc2C(F)(F)F)nn1. The van der Waals surface area contributed by atoms with E-state index in [9.17, 15) is 13.2 Å². The van der Waals surface area contributed by atoms with Crippen LogP contribution in [0, 0.1) is 0 Å². The van der Waals surface area contributed by atoms with Crippen molar-refractivity contribution in [2.75, 3.05) is 0 Å². The number of halogens is 3. The van der Waals surface area contributed by atoms with Gasteiger partial charge in [0.15, 0.2) is 0 Å². The molecule has 4 nitrogen and oxygen atoms in total. The first-order chi connectivity index (χ1) is 8.50. The Hall–Kier alpha value is -1.89. The third-order valence-corrected chi connectivity index (χ3v) is 2.45. The Morgan fingerprint density at radius 3 is 2.56 bits per heavy atom. The van der Waals surface area contributed by atoms with Crippen molar-refractivity contribution in [3.8, 4) is 0 Å². The lowest BCUT2D eigenvalue weighted by Gasteiger charge is -2.12. The van der Waals surface area contributed by atoms with E-state index >= 15 is 0 Å². The highest BCUT2D eigenvalue weighted by Gasteiger charge is 2.32. The number of aromatic nitrogens is 3. The highest BCUT2D eigenvalue weighted by molar-refractivity contribution is 5.29. The van der Waals surface area contributed by atoms with Crippen molar-refractivity contribution in [3.63, 3.8) is 0 Å². The van der Waals surface area contributed by atoms with Gasteiger partial charge in [-0.3, -0.25) is 0 Å². The van der Waals surface area contributed by atoms with E-state index in [0.717, 1.165) is 6.07 Å². The fourth-order valence-corrected chi connectivity index (χ4v) is 1.62. The molecule has 1 aromatic heterocycles. The van der Waals surface area contributed by atoms with Gasteiger partial charge in [0.1, 0.15) is 0 Å². The summed E-state index contributed by atoms with van der Waals surface area (Å²) < 4.78 is 39.6. The predicted molar refractivity (Wildman–Crippen MR) is 58.5 cm³/mol. The zero-order valence-electron chi connectivity index (χ0n) is 9.35. The van der Waals surface area contributed by atoms with Crippen LogP contribution < -0.4 is 5.73 Å². The second kappa shape index (κ2) is 4.77. The van der Waals surface area contributed by atoms with Crippen molar-refractivity contribution >= 4 is 0 Å². The van der Waals surface area contributed by atoms with Gasteiger partial charge in [0, 0.05) is 6.54 Å². The van der Waals surface area contributed by atoms with Gasteiger partial charge in [-0.1, -0.05) is 23.4 Å². The predicted octanol–water partition coefficient (Wildman–Crippen LogP) is 1.80. The van der Waals surface area contributed by atoms with E-state index in [1.165, 1.54) is 23.0 Å². The lowest BCUT2D eigenvalue weighted by atomic mass is 10.1. The molecule has 2 N–H and O–H groups in total. The van der Waals surface area contributed by atoms with Crippen LogP contribution >= 0.6 is 0 Å². The van der Waals surface area contributed by atoms with Crippen LogP contribution in [-0.2, 0) is 19.3 Å². The Morgan fingerprint density at radius 1 is 1.22 bits per heavy atom. The van der Waals surface area contributed by atoms with E-state index in [0.29, 0.717) is 5.69 Å². The maximum atomic E-state index is 12.8. The summed E-state index contributed by atoms with van der Waals surface area (Å²) in [6.45, 7) is 0.226. The molecule has 0 spiro atoms. The second-order valence-corrected chi connectivity index (χ2v) is 3.77. The van der Waals surface area contributed by atoms with Crippen molar-refractivity contribution in [1.29, 1.82) is 0 Å². The molecule has 0 atom stereocenters. The van der Waals surface area contributed by atoms with Gasteiger partial charge in [-0.15, -0.1) is 5.10 Å². The Balaban J connectivity index is 2.29. The van der Waals surface area contributed by atoms with Gasteiger partial charge in [0.05, 0.1) is 24.0 Å². The van der Waals surface area contributed by atoms with Gasteiger partial charge in [-0.2, -0.15) is 13.2 Å². The number of nitrogens with two attached hydrogens (primary N) is 1. The molecule has 0 radical (unpaired) electrons. The van der Waals surface area contributed by atoms with Crippen molar-refractivity contribution in [1.82, 2.24) is 15.0 Å². The number of alkyl halides is 3. The molecule has 0 aliphatic carbocycles. The number of hydrogen-bond acceptors (Lipinski definition) is 3. The number of rotatable bonds is 3. The van der Waals surface area contributed by atoms with Crippen LogP contribution in [0.5, 0.6) is 0 Å². The Kier molecular flexibility index (Phi) is 3.33. The van der Waals surface area contributed by atoms with Gasteiger partial charge >= 0.3 is 6.18 Å². The molecule has 1 aromatic carbocycles. The molecule has 0 aliphatic rings. The molecule has 0 saturated carbocycles. The molecule has 2 aromatic rings. The van der Waals surface area contributed by atoms with E-state index in [1.807, 2.05) is 0 Å². The summed E-state index contributed by atoms with van der Waals surface area (Å²) in [6.07, 6.45) is -2.83. The first-order valence-corrected chi connectivity index (χ1v) is 5.25. The quantitative estimate of drug-likeness (QED) is 0.911. The van der Waals surface area contributed by atoms with Crippen LogP contribution in [-0.4, -0.2) is 15.0 Å². The van der Waals surface area contributed by atoms with Gasteiger partial charge in [0.25, 0.3) is 0 Å². The zero-order valence-corrected chi connectivity index (χ0v) is 9.35. The molecule has 0 aliphatic heterocycles. The van der Waals surface area contributed by atoms with E-state index in [1.54, 1.807) is 6.07 Å². The molecule has 96 valence electrons. The summed E-state index contributed by atoms with van der Waals surface area (Å²) in [5, 5.41) is 7.45. The second-order valence-electron chi connectivity index (χ2n) is 3.77. The summed E-state index contributed by atoms with van der Waals surface area (Å²) in [4.78, 5) is 0. The first-order valence-electron chi connectivity index (χ1n) is 5.25. The van der Waals surface area contributed by atoms with Crippen LogP contribution in [0.1, 0.15) is 16.8 Å². The molecule has 0 amide bonds. The third kappa shape index (κ3) is 2.67. The Bertz CT molecular complexity index is 533. The lowest BCUT2D eigenvalue weighted by Crippen LogP contribution is -2.12. The standard InChI is InChI=1S/C11H11F3N4/c12-11(13,14)10-4-2-1-3-8(10)6-18-7-9(5-15)16-17-18/h1-4,7H,5-6,15H2. The molecule has 0 fully saturated rings. The van der Waals surface area contributed by atoms with E-state index in [-0.39, 0.29) is 18.7 Å². The molecule has 7 heteroatoms. The van der Waals surface area contributed by atoms with Crippen LogP contribution in [0.4, 0.5) is 13.2 Å².